The van der Waals surface area contributed by atoms with Crippen molar-refractivity contribution < 1.29 is 13.2 Å². The molecule has 0 atom stereocenters. The molecule has 0 saturated carbocycles. The molecule has 4 rings (SSSR count). The number of aromatic nitrogens is 1. The molecule has 2 aromatic heterocycles. The lowest BCUT2D eigenvalue weighted by atomic mass is 10.3. The van der Waals surface area contributed by atoms with Gasteiger partial charge in [0.1, 0.15) is 9.88 Å². The molecule has 1 aliphatic rings. The first-order chi connectivity index (χ1) is 13.9. The molecule has 1 aromatic carbocycles. The van der Waals surface area contributed by atoms with Gasteiger partial charge in [-0.2, -0.15) is 4.31 Å². The maximum atomic E-state index is 13.0. The van der Waals surface area contributed by atoms with Crippen molar-refractivity contribution in [3.05, 3.63) is 57.4 Å². The number of thiophene rings is 1. The van der Waals surface area contributed by atoms with Crippen molar-refractivity contribution in [3.8, 4) is 9.88 Å². The number of piperazine rings is 1. The highest BCUT2D eigenvalue weighted by atomic mass is 35.5. The third kappa shape index (κ3) is 4.10. The molecule has 0 spiro atoms. The number of benzene rings is 1. The van der Waals surface area contributed by atoms with Gasteiger partial charge in [0.25, 0.3) is 5.91 Å². The highest BCUT2D eigenvalue weighted by molar-refractivity contribution is 7.89. The Labute approximate surface area is 182 Å². The van der Waals surface area contributed by atoms with Gasteiger partial charge in [-0.05, 0) is 31.2 Å². The Morgan fingerprint density at radius 1 is 1.03 bits per heavy atom. The second-order valence-electron chi connectivity index (χ2n) is 6.55. The fourth-order valence-corrected chi connectivity index (χ4v) is 6.72. The largest absolute Gasteiger partial charge is 0.335 e. The van der Waals surface area contributed by atoms with Gasteiger partial charge < -0.3 is 4.90 Å². The summed E-state index contributed by atoms with van der Waals surface area (Å²) in [6.07, 6.45) is 0. The van der Waals surface area contributed by atoms with Gasteiger partial charge in [-0.15, -0.1) is 22.7 Å². The van der Waals surface area contributed by atoms with Crippen LogP contribution in [-0.2, 0) is 10.0 Å². The first-order valence-electron chi connectivity index (χ1n) is 8.94. The van der Waals surface area contributed by atoms with E-state index in [1.165, 1.54) is 27.0 Å². The van der Waals surface area contributed by atoms with E-state index in [2.05, 4.69) is 4.98 Å². The van der Waals surface area contributed by atoms with Gasteiger partial charge in [0.15, 0.2) is 0 Å². The van der Waals surface area contributed by atoms with Crippen LogP contribution in [0.3, 0.4) is 0 Å². The van der Waals surface area contributed by atoms with E-state index in [1.54, 1.807) is 35.2 Å². The van der Waals surface area contributed by atoms with Gasteiger partial charge in [0, 0.05) is 26.2 Å². The average Bonchev–Trinajstić information content (AvgIpc) is 3.34. The number of hydrogen-bond donors (Lipinski definition) is 0. The van der Waals surface area contributed by atoms with Crippen LogP contribution >= 0.6 is 34.3 Å². The minimum absolute atomic E-state index is 0.106. The van der Waals surface area contributed by atoms with E-state index in [4.69, 9.17) is 11.6 Å². The number of amides is 1. The van der Waals surface area contributed by atoms with E-state index in [0.29, 0.717) is 28.0 Å². The number of carbonyl (C=O) groups excluding carboxylic acids is 1. The molecular formula is C19H18ClN3O3S3. The van der Waals surface area contributed by atoms with Crippen molar-refractivity contribution in [2.75, 3.05) is 26.2 Å². The van der Waals surface area contributed by atoms with Crippen LogP contribution in [0.5, 0.6) is 0 Å². The molecule has 10 heteroatoms. The fourth-order valence-electron chi connectivity index (χ4n) is 3.15. The van der Waals surface area contributed by atoms with Crippen LogP contribution in [0.2, 0.25) is 4.34 Å². The summed E-state index contributed by atoms with van der Waals surface area (Å²) in [4.78, 5) is 21.0. The summed E-state index contributed by atoms with van der Waals surface area (Å²) in [6, 6.07) is 12.1. The van der Waals surface area contributed by atoms with Gasteiger partial charge in [-0.25, -0.2) is 13.4 Å². The van der Waals surface area contributed by atoms with E-state index in [-0.39, 0.29) is 23.9 Å². The van der Waals surface area contributed by atoms with Crippen LogP contribution in [0.15, 0.2) is 47.4 Å². The smallest absolute Gasteiger partial charge is 0.265 e. The first-order valence-corrected chi connectivity index (χ1v) is 12.4. The first kappa shape index (κ1) is 20.5. The molecule has 1 amide bonds. The van der Waals surface area contributed by atoms with Crippen LogP contribution in [0.4, 0.5) is 0 Å². The average molecular weight is 468 g/mol. The number of rotatable bonds is 4. The summed E-state index contributed by atoms with van der Waals surface area (Å²) in [5.74, 6) is -0.106. The summed E-state index contributed by atoms with van der Waals surface area (Å²) >= 11 is 8.78. The minimum Gasteiger partial charge on any atom is -0.335 e. The second-order valence-corrected chi connectivity index (χ2v) is 11.2. The zero-order valence-corrected chi connectivity index (χ0v) is 18.7. The Kier molecular flexibility index (Phi) is 5.76. The normalized spacial score (nSPS) is 15.6. The van der Waals surface area contributed by atoms with Gasteiger partial charge in [-0.1, -0.05) is 29.8 Å². The number of nitrogens with zero attached hydrogens (tertiary/aromatic N) is 3. The molecule has 0 radical (unpaired) electrons. The molecule has 3 aromatic rings. The zero-order chi connectivity index (χ0) is 20.6. The molecule has 29 heavy (non-hydrogen) atoms. The summed E-state index contributed by atoms with van der Waals surface area (Å²) in [6.45, 7) is 3.06. The topological polar surface area (TPSA) is 70.6 Å². The third-order valence-electron chi connectivity index (χ3n) is 4.68. The minimum atomic E-state index is -3.54. The molecule has 0 N–H and O–H groups in total. The third-order valence-corrected chi connectivity index (χ3v) is 9.14. The lowest BCUT2D eigenvalue weighted by Gasteiger charge is -2.33. The Morgan fingerprint density at radius 2 is 1.72 bits per heavy atom. The molecular weight excluding hydrogens is 450 g/mol. The number of halogens is 1. The van der Waals surface area contributed by atoms with Crippen LogP contribution in [-0.4, -0.2) is 54.7 Å². The van der Waals surface area contributed by atoms with E-state index in [1.807, 2.05) is 19.1 Å². The zero-order valence-electron chi connectivity index (χ0n) is 15.5. The molecule has 1 fully saturated rings. The molecule has 152 valence electrons. The standard InChI is InChI=1S/C19H18ClN3O3S3/c1-13-17(28-18(21-13)15-7-8-16(20)27-15)19(24)22-9-11-23(12-10-22)29(25,26)14-5-3-2-4-6-14/h2-8H,9-12H2,1H3. The summed E-state index contributed by atoms with van der Waals surface area (Å²) in [5.41, 5.74) is 0.679. The van der Waals surface area contributed by atoms with Gasteiger partial charge in [0.05, 0.1) is 19.8 Å². The number of hydrogen-bond acceptors (Lipinski definition) is 6. The highest BCUT2D eigenvalue weighted by Crippen LogP contribution is 2.35. The molecule has 6 nitrogen and oxygen atoms in total. The number of carbonyl (C=O) groups is 1. The Balaban J connectivity index is 1.47. The van der Waals surface area contributed by atoms with Crippen molar-refractivity contribution in [1.29, 1.82) is 0 Å². The number of sulfonamides is 1. The molecule has 0 unspecified atom stereocenters. The maximum absolute atomic E-state index is 13.0. The summed E-state index contributed by atoms with van der Waals surface area (Å²) in [5, 5.41) is 0.771. The quantitative estimate of drug-likeness (QED) is 0.581. The summed E-state index contributed by atoms with van der Waals surface area (Å²) < 4.78 is 27.6. The molecule has 1 saturated heterocycles. The van der Waals surface area contributed by atoms with Crippen LogP contribution in [0, 0.1) is 6.92 Å². The predicted octanol–water partition coefficient (Wildman–Crippen LogP) is 3.98. The van der Waals surface area contributed by atoms with E-state index in [0.717, 1.165) is 9.88 Å². The Bertz CT molecular complexity index is 1130. The van der Waals surface area contributed by atoms with Crippen LogP contribution in [0.25, 0.3) is 9.88 Å². The SMILES string of the molecule is Cc1nc(-c2ccc(Cl)s2)sc1C(=O)N1CCN(S(=O)(=O)c2ccccc2)CC1. The van der Waals surface area contributed by atoms with Gasteiger partial charge in [0.2, 0.25) is 10.0 Å². The lowest BCUT2D eigenvalue weighted by molar-refractivity contribution is 0.0702. The second kappa shape index (κ2) is 8.16. The van der Waals surface area contributed by atoms with Crippen LogP contribution in [0.1, 0.15) is 15.4 Å². The van der Waals surface area contributed by atoms with Gasteiger partial charge >= 0.3 is 0 Å². The number of thiazole rings is 1. The number of aryl methyl sites for hydroxylation is 1. The van der Waals surface area contributed by atoms with E-state index in [9.17, 15) is 13.2 Å². The monoisotopic (exact) mass is 467 g/mol. The van der Waals surface area contributed by atoms with Crippen LogP contribution < -0.4 is 0 Å². The van der Waals surface area contributed by atoms with E-state index < -0.39 is 10.0 Å². The van der Waals surface area contributed by atoms with Gasteiger partial charge in [-0.3, -0.25) is 4.79 Å². The fraction of sp³-hybridized carbons (Fsp3) is 0.263. The Morgan fingerprint density at radius 3 is 2.34 bits per heavy atom. The highest BCUT2D eigenvalue weighted by Gasteiger charge is 2.31. The van der Waals surface area contributed by atoms with Crippen molar-refractivity contribution in [3.63, 3.8) is 0 Å². The van der Waals surface area contributed by atoms with E-state index >= 15 is 0 Å². The summed E-state index contributed by atoms with van der Waals surface area (Å²) in [7, 11) is -3.54. The van der Waals surface area contributed by atoms with Crippen molar-refractivity contribution in [1.82, 2.24) is 14.2 Å². The Hall–Kier alpha value is -1.78. The molecule has 0 aliphatic carbocycles. The molecule has 0 bridgehead atoms. The predicted molar refractivity (Wildman–Crippen MR) is 116 cm³/mol. The lowest BCUT2D eigenvalue weighted by Crippen LogP contribution is -2.50. The molecule has 1 aliphatic heterocycles. The van der Waals surface area contributed by atoms with Crippen molar-refractivity contribution in [2.24, 2.45) is 0 Å². The van der Waals surface area contributed by atoms with Crippen molar-refractivity contribution in [2.45, 2.75) is 11.8 Å². The maximum Gasteiger partial charge on any atom is 0.265 e. The van der Waals surface area contributed by atoms with Crippen molar-refractivity contribution >= 4 is 50.2 Å². The molecule has 3 heterocycles.